The maximum Gasteiger partial charge on any atom is 0.524 e. The maximum absolute atomic E-state index is 12.6. The third-order valence-corrected chi connectivity index (χ3v) is 5.23. The van der Waals surface area contributed by atoms with Gasteiger partial charge in [0.25, 0.3) is 0 Å². The van der Waals surface area contributed by atoms with Gasteiger partial charge in [-0.25, -0.2) is 9.36 Å². The van der Waals surface area contributed by atoms with Gasteiger partial charge in [-0.3, -0.25) is 9.79 Å². The van der Waals surface area contributed by atoms with Gasteiger partial charge in [-0.15, -0.1) is 0 Å². The fraction of sp³-hybridized carbons (Fsp3) is 0.0500. The molecule has 7 nitrogen and oxygen atoms in total. The Labute approximate surface area is 170 Å². The molecule has 1 aliphatic rings. The molecule has 0 aliphatic carbocycles. The first-order chi connectivity index (χ1) is 13.8. The molecule has 2 N–H and O–H groups in total. The summed E-state index contributed by atoms with van der Waals surface area (Å²) in [6, 6.07) is 19.8. The molecule has 148 valence electrons. The molecule has 1 atom stereocenters. The van der Waals surface area contributed by atoms with Crippen LogP contribution in [0.3, 0.4) is 0 Å². The standard InChI is InChI=1S/C20H14ClO7P/c21-27-15-9-5-13(6-10-15)20(18-4-2-1-3-17(18)19(22)26-20)14-7-11-16(12-8-14)28-29(23,24)25/h1-12H,(H2,23,24,25). The number of hydrogen-bond acceptors (Lipinski definition) is 5. The zero-order valence-electron chi connectivity index (χ0n) is 14.7. The Morgan fingerprint density at radius 1 is 0.862 bits per heavy atom. The lowest BCUT2D eigenvalue weighted by atomic mass is 9.80. The highest BCUT2D eigenvalue weighted by Gasteiger charge is 2.48. The van der Waals surface area contributed by atoms with Gasteiger partial charge in [-0.1, -0.05) is 42.5 Å². The molecule has 1 aliphatic heterocycles. The number of rotatable bonds is 5. The first kappa shape index (κ1) is 19.5. The Morgan fingerprint density at radius 3 is 1.97 bits per heavy atom. The molecular weight excluding hydrogens is 419 g/mol. The van der Waals surface area contributed by atoms with Crippen LogP contribution in [-0.2, 0) is 14.9 Å². The largest absolute Gasteiger partial charge is 0.524 e. The van der Waals surface area contributed by atoms with Crippen LogP contribution in [0.5, 0.6) is 11.5 Å². The van der Waals surface area contributed by atoms with Gasteiger partial charge in [0.1, 0.15) is 23.4 Å². The van der Waals surface area contributed by atoms with Crippen LogP contribution >= 0.6 is 19.7 Å². The van der Waals surface area contributed by atoms with E-state index in [9.17, 15) is 9.36 Å². The van der Waals surface area contributed by atoms with Gasteiger partial charge in [0, 0.05) is 16.7 Å². The van der Waals surface area contributed by atoms with Crippen molar-refractivity contribution in [1.82, 2.24) is 0 Å². The number of carbonyl (C=O) groups excluding carboxylic acids is 1. The summed E-state index contributed by atoms with van der Waals surface area (Å²) in [6.07, 6.45) is 0. The number of cyclic esters (lactones) is 1. The van der Waals surface area contributed by atoms with Crippen molar-refractivity contribution in [2.24, 2.45) is 0 Å². The second kappa shape index (κ2) is 7.21. The van der Waals surface area contributed by atoms with Crippen LogP contribution in [0, 0.1) is 0 Å². The predicted octanol–water partition coefficient (Wildman–Crippen LogP) is 4.15. The molecule has 0 radical (unpaired) electrons. The molecule has 3 aromatic carbocycles. The highest BCUT2D eigenvalue weighted by molar-refractivity contribution is 7.46. The van der Waals surface area contributed by atoms with Crippen molar-refractivity contribution >= 4 is 25.7 Å². The summed E-state index contributed by atoms with van der Waals surface area (Å²) in [5.74, 6) is -0.0666. The smallest absolute Gasteiger partial charge is 0.441 e. The number of phosphoric ester groups is 1. The lowest BCUT2D eigenvalue weighted by molar-refractivity contribution is 0.0251. The van der Waals surface area contributed by atoms with E-state index in [2.05, 4.69) is 4.52 Å². The summed E-state index contributed by atoms with van der Waals surface area (Å²) < 4.78 is 26.3. The second-order valence-corrected chi connectivity index (χ2v) is 7.64. The highest BCUT2D eigenvalue weighted by Crippen LogP contribution is 2.48. The van der Waals surface area contributed by atoms with E-state index in [4.69, 9.17) is 30.7 Å². The Kier molecular flexibility index (Phi) is 4.84. The van der Waals surface area contributed by atoms with E-state index in [1.54, 1.807) is 60.7 Å². The van der Waals surface area contributed by atoms with Crippen LogP contribution in [0.25, 0.3) is 0 Å². The topological polar surface area (TPSA) is 102 Å². The van der Waals surface area contributed by atoms with Crippen LogP contribution in [0.1, 0.15) is 27.0 Å². The van der Waals surface area contributed by atoms with E-state index < -0.39 is 19.4 Å². The number of benzene rings is 3. The number of halogens is 1. The van der Waals surface area contributed by atoms with Crippen molar-refractivity contribution in [1.29, 1.82) is 0 Å². The van der Waals surface area contributed by atoms with Crippen molar-refractivity contribution in [3.05, 3.63) is 95.1 Å². The fourth-order valence-electron chi connectivity index (χ4n) is 3.44. The van der Waals surface area contributed by atoms with Gasteiger partial charge in [0.2, 0.25) is 0 Å². The Balaban J connectivity index is 1.88. The molecule has 0 saturated heterocycles. The van der Waals surface area contributed by atoms with E-state index in [1.807, 2.05) is 0 Å². The number of hydrogen-bond donors (Lipinski definition) is 2. The van der Waals surface area contributed by atoms with Crippen LogP contribution in [0.4, 0.5) is 0 Å². The SMILES string of the molecule is O=C1OC(c2ccc(OCl)cc2)(c2ccc(OP(=O)(O)O)cc2)c2ccccc21. The van der Waals surface area contributed by atoms with Crippen molar-refractivity contribution in [3.63, 3.8) is 0 Å². The van der Waals surface area contributed by atoms with Crippen molar-refractivity contribution in [2.75, 3.05) is 0 Å². The van der Waals surface area contributed by atoms with E-state index in [0.29, 0.717) is 28.0 Å². The second-order valence-electron chi connectivity index (χ2n) is 6.32. The molecule has 0 amide bonds. The number of phosphoric acid groups is 1. The van der Waals surface area contributed by atoms with Crippen LogP contribution in [-0.4, -0.2) is 15.8 Å². The maximum atomic E-state index is 12.6. The van der Waals surface area contributed by atoms with Gasteiger partial charge in [0.15, 0.2) is 5.60 Å². The molecule has 4 rings (SSSR count). The molecule has 9 heteroatoms. The summed E-state index contributed by atoms with van der Waals surface area (Å²) in [7, 11) is -4.69. The average molecular weight is 433 g/mol. The normalized spacial score (nSPS) is 18.1. The summed E-state index contributed by atoms with van der Waals surface area (Å²) in [4.78, 5) is 30.6. The van der Waals surface area contributed by atoms with Gasteiger partial charge >= 0.3 is 13.8 Å². The third-order valence-electron chi connectivity index (χ3n) is 4.61. The lowest BCUT2D eigenvalue weighted by Crippen LogP contribution is -2.29. The number of fused-ring (bicyclic) bond motifs is 1. The van der Waals surface area contributed by atoms with Crippen molar-refractivity contribution < 1.29 is 32.7 Å². The van der Waals surface area contributed by atoms with E-state index in [-0.39, 0.29) is 5.75 Å². The number of ether oxygens (including phenoxy) is 1. The minimum absolute atomic E-state index is 0.0132. The summed E-state index contributed by atoms with van der Waals surface area (Å²) >= 11 is 5.40. The Bertz CT molecular complexity index is 1110. The number of esters is 1. The first-order valence-electron chi connectivity index (χ1n) is 8.41. The summed E-state index contributed by atoms with van der Waals surface area (Å²) in [5.41, 5.74) is 1.05. The van der Waals surface area contributed by atoms with E-state index in [0.717, 1.165) is 0 Å². The van der Waals surface area contributed by atoms with Gasteiger partial charge in [-0.2, -0.15) is 0 Å². The van der Waals surface area contributed by atoms with E-state index in [1.165, 1.54) is 12.1 Å². The molecule has 0 fully saturated rings. The Hall–Kier alpha value is -2.83. The van der Waals surface area contributed by atoms with Crippen molar-refractivity contribution in [3.8, 4) is 11.5 Å². The van der Waals surface area contributed by atoms with E-state index >= 15 is 0 Å². The quantitative estimate of drug-likeness (QED) is 0.461. The average Bonchev–Trinajstić information content (AvgIpc) is 3.01. The van der Waals surface area contributed by atoms with Gasteiger partial charge < -0.3 is 13.5 Å². The van der Waals surface area contributed by atoms with Gasteiger partial charge in [-0.05, 0) is 30.3 Å². The monoisotopic (exact) mass is 432 g/mol. The van der Waals surface area contributed by atoms with Crippen LogP contribution < -0.4 is 8.81 Å². The fourth-order valence-corrected chi connectivity index (χ4v) is 3.94. The third kappa shape index (κ3) is 3.50. The molecule has 3 aromatic rings. The Morgan fingerprint density at radius 2 is 1.41 bits per heavy atom. The van der Waals surface area contributed by atoms with Crippen molar-refractivity contribution in [2.45, 2.75) is 5.60 Å². The molecule has 0 aromatic heterocycles. The molecule has 0 bridgehead atoms. The number of carbonyl (C=O) groups is 1. The van der Waals surface area contributed by atoms with Crippen LogP contribution in [0.2, 0.25) is 0 Å². The van der Waals surface area contributed by atoms with Gasteiger partial charge in [0.05, 0.1) is 5.56 Å². The first-order valence-corrected chi connectivity index (χ1v) is 10.2. The van der Waals surface area contributed by atoms with Crippen LogP contribution in [0.15, 0.2) is 72.8 Å². The summed E-state index contributed by atoms with van der Waals surface area (Å²) in [6.45, 7) is 0. The molecule has 1 heterocycles. The molecule has 29 heavy (non-hydrogen) atoms. The minimum Gasteiger partial charge on any atom is -0.441 e. The predicted molar refractivity (Wildman–Crippen MR) is 104 cm³/mol. The lowest BCUT2D eigenvalue weighted by Gasteiger charge is -2.30. The highest BCUT2D eigenvalue weighted by atomic mass is 35.5. The zero-order valence-corrected chi connectivity index (χ0v) is 16.3. The summed E-state index contributed by atoms with van der Waals surface area (Å²) in [5, 5.41) is 0. The molecular formula is C20H14ClO7P. The molecule has 1 unspecified atom stereocenters. The minimum atomic E-state index is -4.69. The molecule has 0 spiro atoms. The molecule has 0 saturated carbocycles. The zero-order chi connectivity index (χ0) is 20.6.